The van der Waals surface area contributed by atoms with E-state index < -0.39 is 5.82 Å². The molecule has 0 unspecified atom stereocenters. The molecular weight excluding hydrogens is 240 g/mol. The van der Waals surface area contributed by atoms with Crippen molar-refractivity contribution in [1.82, 2.24) is 0 Å². The number of hydrogen-bond acceptors (Lipinski definition) is 2. The van der Waals surface area contributed by atoms with E-state index in [1.807, 2.05) is 0 Å². The maximum absolute atomic E-state index is 13.0. The number of rotatable bonds is 3. The summed E-state index contributed by atoms with van der Waals surface area (Å²) >= 11 is 5.53. The predicted octanol–water partition coefficient (Wildman–Crippen LogP) is 2.77. The molecule has 0 spiro atoms. The molecule has 0 atom stereocenters. The van der Waals surface area contributed by atoms with Crippen molar-refractivity contribution < 1.29 is 9.13 Å². The molecule has 0 saturated heterocycles. The lowest BCUT2D eigenvalue weighted by Crippen LogP contribution is -2.29. The Kier molecular flexibility index (Phi) is 3.82. The van der Waals surface area contributed by atoms with Crippen LogP contribution in [0.1, 0.15) is 12.8 Å². The summed E-state index contributed by atoms with van der Waals surface area (Å²) in [4.78, 5) is 0. The molecule has 0 radical (unpaired) electrons. The first-order valence-corrected chi connectivity index (χ1v) is 4.84. The summed E-state index contributed by atoms with van der Waals surface area (Å²) in [7, 11) is 0. The van der Waals surface area contributed by atoms with Crippen LogP contribution in [0.15, 0.2) is 18.2 Å². The van der Waals surface area contributed by atoms with E-state index >= 15 is 0 Å². The van der Waals surface area contributed by atoms with Crippen LogP contribution < -0.4 is 10.5 Å². The van der Waals surface area contributed by atoms with Gasteiger partial charge in [0.15, 0.2) is 0 Å². The molecule has 2 N–H and O–H groups in total. The lowest BCUT2D eigenvalue weighted by molar-refractivity contribution is 0.278. The third kappa shape index (κ3) is 3.23. The van der Waals surface area contributed by atoms with Crippen LogP contribution in [0, 0.1) is 5.82 Å². The molecule has 0 bridgehead atoms. The molecule has 1 fully saturated rings. The zero-order valence-electron chi connectivity index (χ0n) is 8.00. The Bertz CT molecular complexity index is 355. The number of halogens is 3. The van der Waals surface area contributed by atoms with Crippen molar-refractivity contribution in [1.29, 1.82) is 0 Å². The molecule has 2 rings (SSSR count). The van der Waals surface area contributed by atoms with Gasteiger partial charge in [-0.2, -0.15) is 0 Å². The van der Waals surface area contributed by atoms with E-state index in [2.05, 4.69) is 0 Å². The van der Waals surface area contributed by atoms with Gasteiger partial charge in [0.05, 0.1) is 10.6 Å². The summed E-state index contributed by atoms with van der Waals surface area (Å²) in [5.41, 5.74) is 5.63. The summed E-state index contributed by atoms with van der Waals surface area (Å²) in [6.45, 7) is 0.439. The number of benzene rings is 1. The van der Waals surface area contributed by atoms with E-state index in [0.717, 1.165) is 12.8 Å². The molecule has 0 heterocycles. The van der Waals surface area contributed by atoms with Gasteiger partial charge in [0.1, 0.15) is 18.2 Å². The fourth-order valence-electron chi connectivity index (χ4n) is 1.10. The van der Waals surface area contributed by atoms with E-state index in [9.17, 15) is 4.39 Å². The molecule has 1 aliphatic rings. The molecule has 5 heteroatoms. The average Bonchev–Trinajstić information content (AvgIpc) is 2.87. The minimum atomic E-state index is -0.467. The highest BCUT2D eigenvalue weighted by Crippen LogP contribution is 2.33. The molecule has 0 aromatic heterocycles. The van der Waals surface area contributed by atoms with Crippen molar-refractivity contribution in [3.63, 3.8) is 0 Å². The quantitative estimate of drug-likeness (QED) is 0.897. The molecule has 2 nitrogen and oxygen atoms in total. The monoisotopic (exact) mass is 251 g/mol. The second kappa shape index (κ2) is 4.56. The lowest BCUT2D eigenvalue weighted by atomic mass is 10.3. The fraction of sp³-hybridized carbons (Fsp3) is 0.400. The van der Waals surface area contributed by atoms with Crippen molar-refractivity contribution in [2.45, 2.75) is 18.4 Å². The second-order valence-electron chi connectivity index (χ2n) is 3.73. The van der Waals surface area contributed by atoms with Crippen molar-refractivity contribution in [3.05, 3.63) is 29.0 Å². The molecule has 0 aliphatic heterocycles. The van der Waals surface area contributed by atoms with E-state index in [1.54, 1.807) is 6.07 Å². The second-order valence-corrected chi connectivity index (χ2v) is 4.13. The van der Waals surface area contributed by atoms with Crippen LogP contribution in [-0.4, -0.2) is 12.1 Å². The van der Waals surface area contributed by atoms with Gasteiger partial charge in [0.25, 0.3) is 0 Å². The Morgan fingerprint density at radius 3 is 2.67 bits per heavy atom. The number of ether oxygens (including phenoxy) is 1. The van der Waals surface area contributed by atoms with Crippen LogP contribution in [0.3, 0.4) is 0 Å². The smallest absolute Gasteiger partial charge is 0.145 e. The topological polar surface area (TPSA) is 35.2 Å². The third-order valence-corrected chi connectivity index (χ3v) is 2.62. The standard InChI is InChI=1S/C10H11ClFNO.ClH/c11-8-2-1-7(5-9(8)12)14-6-10(13)3-4-10;/h1-2,5H,3-4,6,13H2;1H. The van der Waals surface area contributed by atoms with Gasteiger partial charge in [-0.1, -0.05) is 11.6 Å². The number of hydrogen-bond donors (Lipinski definition) is 1. The van der Waals surface area contributed by atoms with Gasteiger partial charge >= 0.3 is 0 Å². The maximum Gasteiger partial charge on any atom is 0.145 e. The number of nitrogens with two attached hydrogens (primary N) is 1. The highest BCUT2D eigenvalue weighted by Gasteiger charge is 2.39. The van der Waals surface area contributed by atoms with Crippen LogP contribution in [0.25, 0.3) is 0 Å². The van der Waals surface area contributed by atoms with Crippen molar-refractivity contribution in [3.8, 4) is 5.75 Å². The van der Waals surface area contributed by atoms with Crippen LogP contribution in [-0.2, 0) is 0 Å². The molecule has 84 valence electrons. The molecular formula is C10H12Cl2FNO. The molecule has 1 aromatic rings. The summed E-state index contributed by atoms with van der Waals surface area (Å²) < 4.78 is 18.3. The summed E-state index contributed by atoms with van der Waals surface area (Å²) in [6, 6.07) is 4.38. The van der Waals surface area contributed by atoms with Gasteiger partial charge in [-0.25, -0.2) is 4.39 Å². The molecule has 0 amide bonds. The Morgan fingerprint density at radius 2 is 2.13 bits per heavy atom. The highest BCUT2D eigenvalue weighted by atomic mass is 35.5. The van der Waals surface area contributed by atoms with Crippen molar-refractivity contribution in [2.75, 3.05) is 6.61 Å². The third-order valence-electron chi connectivity index (χ3n) is 2.31. The van der Waals surface area contributed by atoms with Gasteiger partial charge in [-0.3, -0.25) is 0 Å². The lowest BCUT2D eigenvalue weighted by Gasteiger charge is -2.11. The van der Waals surface area contributed by atoms with E-state index in [0.29, 0.717) is 12.4 Å². The summed E-state index contributed by atoms with van der Waals surface area (Å²) in [6.07, 6.45) is 1.95. The van der Waals surface area contributed by atoms with E-state index in [1.165, 1.54) is 12.1 Å². The van der Waals surface area contributed by atoms with Crippen molar-refractivity contribution in [2.24, 2.45) is 5.73 Å². The summed E-state index contributed by atoms with van der Waals surface area (Å²) in [5.74, 6) is 0.00894. The average molecular weight is 252 g/mol. The van der Waals surface area contributed by atoms with E-state index in [4.69, 9.17) is 22.1 Å². The normalized spacial score (nSPS) is 16.7. The van der Waals surface area contributed by atoms with Gasteiger partial charge in [-0.05, 0) is 25.0 Å². The first-order chi connectivity index (χ1) is 6.59. The zero-order chi connectivity index (χ0) is 10.2. The molecule has 1 saturated carbocycles. The van der Waals surface area contributed by atoms with Gasteiger partial charge < -0.3 is 10.5 Å². The first kappa shape index (κ1) is 12.6. The van der Waals surface area contributed by atoms with Crippen LogP contribution in [0.5, 0.6) is 5.75 Å². The Hall–Kier alpha value is -0.510. The Balaban J connectivity index is 0.00000112. The van der Waals surface area contributed by atoms with Crippen molar-refractivity contribution >= 4 is 24.0 Å². The zero-order valence-corrected chi connectivity index (χ0v) is 9.58. The van der Waals surface area contributed by atoms with Gasteiger partial charge in [0.2, 0.25) is 0 Å². The Morgan fingerprint density at radius 1 is 1.47 bits per heavy atom. The van der Waals surface area contributed by atoms with Crippen LogP contribution in [0.2, 0.25) is 5.02 Å². The van der Waals surface area contributed by atoms with Crippen LogP contribution >= 0.6 is 24.0 Å². The maximum atomic E-state index is 13.0. The largest absolute Gasteiger partial charge is 0.492 e. The molecule has 1 aliphatic carbocycles. The van der Waals surface area contributed by atoms with Crippen LogP contribution in [0.4, 0.5) is 4.39 Å². The van der Waals surface area contributed by atoms with Gasteiger partial charge in [0, 0.05) is 6.07 Å². The van der Waals surface area contributed by atoms with E-state index in [-0.39, 0.29) is 23.0 Å². The fourth-order valence-corrected chi connectivity index (χ4v) is 1.22. The molecule has 15 heavy (non-hydrogen) atoms. The first-order valence-electron chi connectivity index (χ1n) is 4.46. The molecule has 1 aromatic carbocycles. The highest BCUT2D eigenvalue weighted by molar-refractivity contribution is 6.30. The minimum Gasteiger partial charge on any atom is -0.492 e. The van der Waals surface area contributed by atoms with Gasteiger partial charge in [-0.15, -0.1) is 12.4 Å². The predicted molar refractivity (Wildman–Crippen MR) is 60.3 cm³/mol. The minimum absolute atomic E-state index is 0. The summed E-state index contributed by atoms with van der Waals surface area (Å²) in [5, 5.41) is 0.103. The Labute approximate surface area is 99.0 Å². The SMILES string of the molecule is Cl.NC1(COc2ccc(Cl)c(F)c2)CC1.